The van der Waals surface area contributed by atoms with Crippen molar-refractivity contribution in [2.75, 3.05) is 0 Å². The van der Waals surface area contributed by atoms with E-state index in [1.54, 1.807) is 0 Å². The Morgan fingerprint density at radius 1 is 0.218 bits per heavy atom. The van der Waals surface area contributed by atoms with E-state index in [-0.39, 0.29) is 0 Å². The van der Waals surface area contributed by atoms with Crippen molar-refractivity contribution in [3.05, 3.63) is 318 Å². The number of rotatable bonds is 5. The molecule has 4 aliphatic rings. The smallest absolute Gasteiger partial charge is 0.0973 e. The van der Waals surface area contributed by atoms with Gasteiger partial charge in [-0.25, -0.2) is 9.97 Å². The SMILES string of the molecule is c1ccc(-c2nc3cc(-c4ccc5c(c4)C4(c6ccccc6-c6ccccc64)c4ccccc4-5)c(-c4ccc5c(c4)C4(c6ccccc6-c6ccccc64)c4ccccc4-5)cc3nc2-c2ccc(-c3ccccn3)cc2)cc1. The van der Waals surface area contributed by atoms with Crippen LogP contribution in [0.5, 0.6) is 0 Å². The van der Waals surface area contributed by atoms with Crippen LogP contribution in [0.2, 0.25) is 0 Å². The first-order valence-corrected chi connectivity index (χ1v) is 27.0. The largest absolute Gasteiger partial charge is 0.256 e. The molecule has 17 rings (SSSR count). The number of nitrogens with zero attached hydrogens (tertiary/aromatic N) is 3. The first-order valence-electron chi connectivity index (χ1n) is 27.0. The van der Waals surface area contributed by atoms with Crippen molar-refractivity contribution in [1.82, 2.24) is 15.0 Å². The Kier molecular flexibility index (Phi) is 8.97. The molecule has 0 atom stereocenters. The van der Waals surface area contributed by atoms with Crippen LogP contribution < -0.4 is 0 Å². The van der Waals surface area contributed by atoms with Gasteiger partial charge in [-0.15, -0.1) is 0 Å². The van der Waals surface area contributed by atoms with Gasteiger partial charge in [0.2, 0.25) is 0 Å². The Bertz CT molecular complexity index is 4540. The van der Waals surface area contributed by atoms with E-state index in [2.05, 4.69) is 254 Å². The summed E-state index contributed by atoms with van der Waals surface area (Å²) in [6, 6.07) is 98.7. The second-order valence-electron chi connectivity index (χ2n) is 21.3. The van der Waals surface area contributed by atoms with Gasteiger partial charge in [-0.2, -0.15) is 0 Å². The van der Waals surface area contributed by atoms with Crippen LogP contribution >= 0.6 is 0 Å². The maximum Gasteiger partial charge on any atom is 0.0973 e. The minimum absolute atomic E-state index is 0.498. The maximum atomic E-state index is 5.70. The third-order valence-electron chi connectivity index (χ3n) is 17.6. The van der Waals surface area contributed by atoms with Crippen molar-refractivity contribution in [3.63, 3.8) is 0 Å². The molecule has 360 valence electrons. The van der Waals surface area contributed by atoms with Crippen molar-refractivity contribution in [2.24, 2.45) is 0 Å². The fourth-order valence-corrected chi connectivity index (χ4v) is 14.4. The molecule has 0 fully saturated rings. The molecule has 0 aliphatic heterocycles. The molecule has 0 bridgehead atoms. The number of benzene rings is 11. The van der Waals surface area contributed by atoms with Crippen molar-refractivity contribution in [3.8, 4) is 101 Å². The highest BCUT2D eigenvalue weighted by atomic mass is 14.8. The van der Waals surface area contributed by atoms with Gasteiger partial charge in [0.25, 0.3) is 0 Å². The highest BCUT2D eigenvalue weighted by Crippen LogP contribution is 2.65. The van der Waals surface area contributed by atoms with Crippen LogP contribution in [0.15, 0.2) is 273 Å². The highest BCUT2D eigenvalue weighted by molar-refractivity contribution is 6.02. The molecule has 2 aromatic heterocycles. The Labute approximate surface area is 452 Å². The third-order valence-corrected chi connectivity index (χ3v) is 17.6. The molecule has 3 nitrogen and oxygen atoms in total. The maximum absolute atomic E-state index is 5.70. The summed E-state index contributed by atoms with van der Waals surface area (Å²) in [4.78, 5) is 16.0. The first kappa shape index (κ1) is 43.2. The van der Waals surface area contributed by atoms with Gasteiger partial charge >= 0.3 is 0 Å². The lowest BCUT2D eigenvalue weighted by atomic mass is 9.70. The van der Waals surface area contributed by atoms with E-state index in [1.807, 2.05) is 24.4 Å². The van der Waals surface area contributed by atoms with Crippen molar-refractivity contribution < 1.29 is 0 Å². The molecule has 2 spiro atoms. The number of aromatic nitrogens is 3. The van der Waals surface area contributed by atoms with E-state index >= 15 is 0 Å². The lowest BCUT2D eigenvalue weighted by molar-refractivity contribution is 0.794. The van der Waals surface area contributed by atoms with Crippen LogP contribution in [0.1, 0.15) is 44.5 Å². The van der Waals surface area contributed by atoms with Crippen molar-refractivity contribution in [1.29, 1.82) is 0 Å². The van der Waals surface area contributed by atoms with E-state index in [0.29, 0.717) is 0 Å². The summed E-state index contributed by atoms with van der Waals surface area (Å²) >= 11 is 0. The number of hydrogen-bond acceptors (Lipinski definition) is 3. The van der Waals surface area contributed by atoms with Crippen molar-refractivity contribution >= 4 is 11.0 Å². The average Bonchev–Trinajstić information content (AvgIpc) is 4.39. The quantitative estimate of drug-likeness (QED) is 0.172. The average molecular weight is 988 g/mol. The molecular formula is C75H45N3. The van der Waals surface area contributed by atoms with E-state index in [0.717, 1.165) is 67.1 Å². The molecule has 0 saturated heterocycles. The summed E-state index contributed by atoms with van der Waals surface area (Å²) < 4.78 is 0. The third kappa shape index (κ3) is 5.74. The molecule has 2 heterocycles. The lowest BCUT2D eigenvalue weighted by Crippen LogP contribution is -2.25. The predicted octanol–water partition coefficient (Wildman–Crippen LogP) is 18.0. The van der Waals surface area contributed by atoms with Crippen LogP contribution in [0.4, 0.5) is 0 Å². The Morgan fingerprint density at radius 3 is 0.923 bits per heavy atom. The van der Waals surface area contributed by atoms with Gasteiger partial charge in [0, 0.05) is 22.9 Å². The molecule has 3 heteroatoms. The predicted molar refractivity (Wildman–Crippen MR) is 317 cm³/mol. The number of pyridine rings is 1. The first-order chi connectivity index (χ1) is 38.7. The van der Waals surface area contributed by atoms with Gasteiger partial charge in [-0.05, 0) is 148 Å². The van der Waals surface area contributed by atoms with Crippen molar-refractivity contribution in [2.45, 2.75) is 10.8 Å². The molecule has 11 aromatic carbocycles. The Morgan fingerprint density at radius 2 is 0.538 bits per heavy atom. The van der Waals surface area contributed by atoms with Crippen LogP contribution in [0, 0.1) is 0 Å². The van der Waals surface area contributed by atoms with E-state index < -0.39 is 10.8 Å². The lowest BCUT2D eigenvalue weighted by Gasteiger charge is -2.31. The monoisotopic (exact) mass is 987 g/mol. The minimum atomic E-state index is -0.500. The molecule has 13 aromatic rings. The van der Waals surface area contributed by atoms with Gasteiger partial charge in [0.1, 0.15) is 0 Å². The standard InChI is InChI=1S/C75H45N3/c1-2-18-47(19-3-1)72-73(48-35-33-46(34-36-48)69-32-16-17-41-76-69)78-71-45-60(50-38-40-58-56-25-9-15-31-66(56)75(68(58)43-50)63-28-12-6-22-53(63)54-23-7-13-29-64(54)75)59(44-70(71)77-72)49-37-39-57-55-24-8-14-30-65(55)74(67(57)42-49)61-26-10-4-20-51(61)52-21-5-11-27-62(52)74/h1-45H. The molecule has 4 aliphatic carbocycles. The van der Waals surface area contributed by atoms with Gasteiger partial charge in [0.15, 0.2) is 0 Å². The molecule has 0 N–H and O–H groups in total. The fourth-order valence-electron chi connectivity index (χ4n) is 14.4. The summed E-state index contributed by atoms with van der Waals surface area (Å²) in [5.41, 5.74) is 31.6. The fraction of sp³-hybridized carbons (Fsp3) is 0.0267. The molecule has 78 heavy (non-hydrogen) atoms. The molecular weight excluding hydrogens is 943 g/mol. The van der Waals surface area contributed by atoms with Gasteiger partial charge in [-0.1, -0.05) is 231 Å². The van der Waals surface area contributed by atoms with Crippen LogP contribution in [0.3, 0.4) is 0 Å². The molecule has 0 amide bonds. The summed E-state index contributed by atoms with van der Waals surface area (Å²) in [6.07, 6.45) is 1.84. The van der Waals surface area contributed by atoms with E-state index in [9.17, 15) is 0 Å². The van der Waals surface area contributed by atoms with Gasteiger partial charge in [-0.3, -0.25) is 4.98 Å². The minimum Gasteiger partial charge on any atom is -0.256 e. The summed E-state index contributed by atoms with van der Waals surface area (Å²) in [5.74, 6) is 0. The van der Waals surface area contributed by atoms with Crippen LogP contribution in [-0.2, 0) is 10.8 Å². The highest BCUT2D eigenvalue weighted by Gasteiger charge is 2.53. The second-order valence-corrected chi connectivity index (χ2v) is 21.3. The van der Waals surface area contributed by atoms with Crippen LogP contribution in [-0.4, -0.2) is 15.0 Å². The number of hydrogen-bond donors (Lipinski definition) is 0. The summed E-state index contributed by atoms with van der Waals surface area (Å²) in [6.45, 7) is 0. The summed E-state index contributed by atoms with van der Waals surface area (Å²) in [7, 11) is 0. The van der Waals surface area contributed by atoms with Gasteiger partial charge < -0.3 is 0 Å². The molecule has 0 saturated carbocycles. The second kappa shape index (κ2) is 16.2. The topological polar surface area (TPSA) is 38.7 Å². The van der Waals surface area contributed by atoms with E-state index in [4.69, 9.17) is 9.97 Å². The Balaban J connectivity index is 0.943. The summed E-state index contributed by atoms with van der Waals surface area (Å²) in [5, 5.41) is 0. The van der Waals surface area contributed by atoms with E-state index in [1.165, 1.54) is 89.0 Å². The molecule has 0 radical (unpaired) electrons. The van der Waals surface area contributed by atoms with Crippen LogP contribution in [0.25, 0.3) is 112 Å². The molecule has 0 unspecified atom stereocenters. The van der Waals surface area contributed by atoms with Gasteiger partial charge in [0.05, 0.1) is 38.9 Å². The zero-order valence-corrected chi connectivity index (χ0v) is 42.3. The zero-order valence-electron chi connectivity index (χ0n) is 42.3. The Hall–Kier alpha value is -10.1. The zero-order chi connectivity index (χ0) is 51.1. The normalized spacial score (nSPS) is 13.8. The number of fused-ring (bicyclic) bond motifs is 21.